The van der Waals surface area contributed by atoms with Crippen molar-refractivity contribution in [1.29, 1.82) is 0 Å². The fraction of sp³-hybridized carbons (Fsp3) is 0.833. The third-order valence-corrected chi connectivity index (χ3v) is 5.27. The second kappa shape index (κ2) is 9.32. The fourth-order valence-electron chi connectivity index (χ4n) is 3.84. The Hall–Kier alpha value is -1.67. The van der Waals surface area contributed by atoms with Gasteiger partial charge in [0.25, 0.3) is 0 Å². The van der Waals surface area contributed by atoms with E-state index in [0.29, 0.717) is 38.6 Å². The predicted octanol–water partition coefficient (Wildman–Crippen LogP) is 1.23. The van der Waals surface area contributed by atoms with Gasteiger partial charge in [-0.2, -0.15) is 0 Å². The van der Waals surface area contributed by atoms with Crippen LogP contribution in [0.15, 0.2) is 0 Å². The molecule has 8 heteroatoms. The van der Waals surface area contributed by atoms with E-state index in [-0.39, 0.29) is 24.7 Å². The molecule has 0 aromatic carbocycles. The smallest absolute Gasteiger partial charge is 0.410 e. The maximum atomic E-state index is 12.9. The molecule has 1 aliphatic carbocycles. The number of nitrogens with one attached hydrogen (secondary N) is 1. The first-order valence-corrected chi connectivity index (χ1v) is 9.59. The molecule has 1 saturated carbocycles. The third-order valence-electron chi connectivity index (χ3n) is 5.27. The Morgan fingerprint density at radius 3 is 2.58 bits per heavy atom. The molecule has 2 aliphatic heterocycles. The van der Waals surface area contributed by atoms with Gasteiger partial charge in [-0.3, -0.25) is 9.59 Å². The number of morpholine rings is 1. The number of amides is 2. The van der Waals surface area contributed by atoms with E-state index in [9.17, 15) is 14.4 Å². The number of carbonyl (C=O) groups is 3. The number of rotatable bonds is 5. The minimum absolute atomic E-state index is 0.0316. The highest BCUT2D eigenvalue weighted by molar-refractivity contribution is 5.86. The van der Waals surface area contributed by atoms with Gasteiger partial charge in [-0.1, -0.05) is 32.1 Å². The maximum absolute atomic E-state index is 12.9. The van der Waals surface area contributed by atoms with Crippen LogP contribution in [-0.4, -0.2) is 67.9 Å². The summed E-state index contributed by atoms with van der Waals surface area (Å²) in [6.45, 7) is 2.08. The molecule has 8 nitrogen and oxygen atoms in total. The maximum Gasteiger partial charge on any atom is 0.410 e. The highest BCUT2D eigenvalue weighted by Gasteiger charge is 2.32. The largest absolute Gasteiger partial charge is 0.419 e. The van der Waals surface area contributed by atoms with E-state index in [1.807, 2.05) is 0 Å². The van der Waals surface area contributed by atoms with Crippen LogP contribution in [0.4, 0.5) is 4.79 Å². The SMILES string of the molecule is O=C1COC(OC(=O)N[C@@H](CC2CCCCC2)C(=O)N2CCOCC2)C1. The summed E-state index contributed by atoms with van der Waals surface area (Å²) in [6.07, 6.45) is 4.89. The van der Waals surface area contributed by atoms with Gasteiger partial charge in [0, 0.05) is 13.1 Å². The van der Waals surface area contributed by atoms with Crippen molar-refractivity contribution in [3.8, 4) is 0 Å². The van der Waals surface area contributed by atoms with E-state index >= 15 is 0 Å². The number of hydrogen-bond donors (Lipinski definition) is 1. The highest BCUT2D eigenvalue weighted by Crippen LogP contribution is 2.28. The minimum atomic E-state index is -0.851. The molecule has 3 aliphatic rings. The van der Waals surface area contributed by atoms with Crippen molar-refractivity contribution in [2.24, 2.45) is 5.92 Å². The zero-order valence-corrected chi connectivity index (χ0v) is 15.1. The lowest BCUT2D eigenvalue weighted by molar-refractivity contribution is -0.138. The Kier molecular flexibility index (Phi) is 6.85. The molecule has 2 atom stereocenters. The Morgan fingerprint density at radius 1 is 1.19 bits per heavy atom. The molecule has 2 amide bonds. The number of alkyl carbamates (subject to hydrolysis) is 1. The lowest BCUT2D eigenvalue weighted by Crippen LogP contribution is -2.52. The van der Waals surface area contributed by atoms with Crippen LogP contribution in [0.2, 0.25) is 0 Å². The Bertz CT molecular complexity index is 514. The minimum Gasteiger partial charge on any atom is -0.419 e. The van der Waals surface area contributed by atoms with E-state index in [1.54, 1.807) is 4.90 Å². The zero-order valence-electron chi connectivity index (χ0n) is 15.1. The summed E-state index contributed by atoms with van der Waals surface area (Å²) in [5.41, 5.74) is 0. The van der Waals surface area contributed by atoms with Crippen LogP contribution in [0.3, 0.4) is 0 Å². The average molecular weight is 368 g/mol. The van der Waals surface area contributed by atoms with Gasteiger partial charge in [-0.25, -0.2) is 4.79 Å². The van der Waals surface area contributed by atoms with Gasteiger partial charge in [0.15, 0.2) is 5.78 Å². The summed E-state index contributed by atoms with van der Waals surface area (Å²) in [5.74, 6) is 0.258. The molecule has 0 aromatic rings. The van der Waals surface area contributed by atoms with Gasteiger partial charge >= 0.3 is 6.09 Å². The fourth-order valence-corrected chi connectivity index (χ4v) is 3.84. The lowest BCUT2D eigenvalue weighted by Gasteiger charge is -2.33. The molecule has 3 rings (SSSR count). The highest BCUT2D eigenvalue weighted by atomic mass is 16.7. The standard InChI is InChI=1S/C18H28N2O6/c21-14-11-16(25-12-14)26-18(23)19-15(10-13-4-2-1-3-5-13)17(22)20-6-8-24-9-7-20/h13,15-16H,1-12H2,(H,19,23)/t15-,16?/m0/s1. The molecule has 1 N–H and O–H groups in total. The van der Waals surface area contributed by atoms with Crippen LogP contribution in [0.25, 0.3) is 0 Å². The number of carbonyl (C=O) groups excluding carboxylic acids is 3. The molecule has 146 valence electrons. The van der Waals surface area contributed by atoms with Crippen molar-refractivity contribution in [2.75, 3.05) is 32.9 Å². The first-order valence-electron chi connectivity index (χ1n) is 9.59. The van der Waals surface area contributed by atoms with E-state index < -0.39 is 18.4 Å². The average Bonchev–Trinajstić information content (AvgIpc) is 3.06. The topological polar surface area (TPSA) is 94.2 Å². The van der Waals surface area contributed by atoms with Crippen molar-refractivity contribution in [3.63, 3.8) is 0 Å². The number of nitrogens with zero attached hydrogens (tertiary/aromatic N) is 1. The molecule has 0 bridgehead atoms. The molecule has 26 heavy (non-hydrogen) atoms. The second-order valence-corrected chi connectivity index (χ2v) is 7.26. The monoisotopic (exact) mass is 368 g/mol. The molecule has 0 aromatic heterocycles. The van der Waals surface area contributed by atoms with Crippen molar-refractivity contribution in [2.45, 2.75) is 57.3 Å². The normalized spacial score (nSPS) is 25.8. The quantitative estimate of drug-likeness (QED) is 0.784. The van der Waals surface area contributed by atoms with Crippen LogP contribution in [0.5, 0.6) is 0 Å². The van der Waals surface area contributed by atoms with Crippen LogP contribution < -0.4 is 5.32 Å². The summed E-state index contributed by atoms with van der Waals surface area (Å²) < 4.78 is 15.6. The first kappa shape index (κ1) is 19.1. The van der Waals surface area contributed by atoms with E-state index in [2.05, 4.69) is 5.32 Å². The summed E-state index contributed by atoms with van der Waals surface area (Å²) in [6, 6.07) is -0.610. The van der Waals surface area contributed by atoms with E-state index in [1.165, 1.54) is 19.3 Å². The molecular formula is C18H28N2O6. The van der Waals surface area contributed by atoms with E-state index in [0.717, 1.165) is 12.8 Å². The van der Waals surface area contributed by atoms with Crippen molar-refractivity contribution >= 4 is 17.8 Å². The zero-order chi connectivity index (χ0) is 18.4. The van der Waals surface area contributed by atoms with Gasteiger partial charge in [0.2, 0.25) is 12.2 Å². The van der Waals surface area contributed by atoms with Crippen molar-refractivity contribution in [3.05, 3.63) is 0 Å². The van der Waals surface area contributed by atoms with Gasteiger partial charge in [-0.05, 0) is 12.3 Å². The van der Waals surface area contributed by atoms with Crippen LogP contribution in [-0.2, 0) is 23.8 Å². The Labute approximate surface area is 153 Å². The predicted molar refractivity (Wildman–Crippen MR) is 91.4 cm³/mol. The molecule has 1 unspecified atom stereocenters. The lowest BCUT2D eigenvalue weighted by atomic mass is 9.84. The summed E-state index contributed by atoms with van der Waals surface area (Å²) in [4.78, 5) is 38.1. The molecule has 0 spiro atoms. The number of hydrogen-bond acceptors (Lipinski definition) is 6. The van der Waals surface area contributed by atoms with Gasteiger partial charge < -0.3 is 24.4 Å². The van der Waals surface area contributed by atoms with Crippen molar-refractivity contribution < 1.29 is 28.6 Å². The van der Waals surface area contributed by atoms with Crippen LogP contribution in [0.1, 0.15) is 44.9 Å². The molecular weight excluding hydrogens is 340 g/mol. The van der Waals surface area contributed by atoms with Crippen molar-refractivity contribution in [1.82, 2.24) is 10.2 Å². The number of ether oxygens (including phenoxy) is 3. The third kappa shape index (κ3) is 5.41. The second-order valence-electron chi connectivity index (χ2n) is 7.26. The summed E-state index contributed by atoms with van der Waals surface area (Å²) in [5, 5.41) is 2.72. The molecule has 0 radical (unpaired) electrons. The summed E-state index contributed by atoms with van der Waals surface area (Å²) in [7, 11) is 0. The van der Waals surface area contributed by atoms with Gasteiger partial charge in [-0.15, -0.1) is 0 Å². The Balaban J connectivity index is 1.58. The molecule has 2 saturated heterocycles. The Morgan fingerprint density at radius 2 is 1.92 bits per heavy atom. The number of Topliss-reactive ketones (excluding diaryl/α,β-unsaturated/α-hetero) is 1. The molecule has 3 fully saturated rings. The van der Waals surface area contributed by atoms with Gasteiger partial charge in [0.05, 0.1) is 19.6 Å². The first-order chi connectivity index (χ1) is 12.6. The summed E-state index contributed by atoms with van der Waals surface area (Å²) >= 11 is 0. The molecule has 2 heterocycles. The number of ketones is 1. The van der Waals surface area contributed by atoms with Gasteiger partial charge in [0.1, 0.15) is 12.6 Å². The van der Waals surface area contributed by atoms with E-state index in [4.69, 9.17) is 14.2 Å². The van der Waals surface area contributed by atoms with Crippen LogP contribution >= 0.6 is 0 Å². The van der Waals surface area contributed by atoms with Crippen LogP contribution in [0, 0.1) is 5.92 Å².